The molecule has 9 aromatic rings. The first-order chi connectivity index (χ1) is 26.8. The lowest BCUT2D eigenvalue weighted by molar-refractivity contribution is 1.07. The van der Waals surface area contributed by atoms with Crippen molar-refractivity contribution >= 4 is 0 Å². The molecule has 0 bridgehead atoms. The Labute approximate surface area is 315 Å². The van der Waals surface area contributed by atoms with Crippen LogP contribution in [0.3, 0.4) is 0 Å². The van der Waals surface area contributed by atoms with E-state index in [1.54, 1.807) is 6.20 Å². The van der Waals surface area contributed by atoms with Crippen LogP contribution in [0.1, 0.15) is 0 Å². The molecule has 0 saturated heterocycles. The van der Waals surface area contributed by atoms with Gasteiger partial charge >= 0.3 is 0 Å². The molecule has 0 fully saturated rings. The molecule has 0 spiro atoms. The number of pyridine rings is 1. The van der Waals surface area contributed by atoms with E-state index < -0.39 is 0 Å². The molecular weight excluding hydrogens is 657 g/mol. The molecule has 4 nitrogen and oxygen atoms in total. The van der Waals surface area contributed by atoms with Crippen LogP contribution in [-0.2, 0) is 0 Å². The van der Waals surface area contributed by atoms with Crippen molar-refractivity contribution in [2.24, 2.45) is 0 Å². The summed E-state index contributed by atoms with van der Waals surface area (Å²) in [5, 5.41) is 0. The lowest BCUT2D eigenvalue weighted by atomic mass is 9.87. The molecule has 0 aliphatic heterocycles. The highest BCUT2D eigenvalue weighted by molar-refractivity contribution is 5.95. The zero-order chi connectivity index (χ0) is 36.1. The first-order valence-corrected chi connectivity index (χ1v) is 18.0. The van der Waals surface area contributed by atoms with Gasteiger partial charge in [0, 0.05) is 34.6 Å². The molecule has 0 saturated carbocycles. The Morgan fingerprint density at radius 1 is 0.259 bits per heavy atom. The van der Waals surface area contributed by atoms with Gasteiger partial charge in [-0.2, -0.15) is 0 Å². The van der Waals surface area contributed by atoms with Gasteiger partial charge in [-0.1, -0.05) is 182 Å². The fourth-order valence-corrected chi connectivity index (χ4v) is 7.03. The van der Waals surface area contributed by atoms with Crippen LogP contribution in [0.15, 0.2) is 207 Å². The van der Waals surface area contributed by atoms with Crippen LogP contribution < -0.4 is 0 Å². The van der Waals surface area contributed by atoms with E-state index in [2.05, 4.69) is 157 Å². The second-order valence-electron chi connectivity index (χ2n) is 13.1. The molecule has 2 aromatic heterocycles. The van der Waals surface area contributed by atoms with Crippen LogP contribution in [-0.4, -0.2) is 19.9 Å². The first-order valence-electron chi connectivity index (χ1n) is 18.0. The Bertz CT molecular complexity index is 2600. The van der Waals surface area contributed by atoms with E-state index in [1.165, 1.54) is 27.8 Å². The summed E-state index contributed by atoms with van der Waals surface area (Å²) in [7, 11) is 0. The highest BCUT2D eigenvalue weighted by Gasteiger charge is 2.18. The van der Waals surface area contributed by atoms with Gasteiger partial charge in [0.2, 0.25) is 0 Å². The fourth-order valence-electron chi connectivity index (χ4n) is 7.03. The average molecular weight is 691 g/mol. The number of aromatic nitrogens is 4. The van der Waals surface area contributed by atoms with Crippen molar-refractivity contribution in [3.63, 3.8) is 0 Å². The summed E-state index contributed by atoms with van der Waals surface area (Å²) >= 11 is 0. The maximum Gasteiger partial charge on any atom is 0.164 e. The molecule has 7 aromatic carbocycles. The molecule has 0 atom stereocenters. The largest absolute Gasteiger partial charge is 0.264 e. The summed E-state index contributed by atoms with van der Waals surface area (Å²) in [5.74, 6) is 1.85. The predicted octanol–water partition coefficient (Wildman–Crippen LogP) is 12.6. The van der Waals surface area contributed by atoms with Crippen LogP contribution in [0.5, 0.6) is 0 Å². The smallest absolute Gasteiger partial charge is 0.164 e. The minimum atomic E-state index is 0.610. The Morgan fingerprint density at radius 3 is 1.20 bits per heavy atom. The second kappa shape index (κ2) is 14.7. The maximum absolute atomic E-state index is 5.13. The Hall–Kier alpha value is -7.30. The lowest BCUT2D eigenvalue weighted by Crippen LogP contribution is -2.00. The topological polar surface area (TPSA) is 51.6 Å². The van der Waals surface area contributed by atoms with E-state index in [0.29, 0.717) is 17.5 Å². The summed E-state index contributed by atoms with van der Waals surface area (Å²) < 4.78 is 0. The van der Waals surface area contributed by atoms with Crippen LogP contribution >= 0.6 is 0 Å². The van der Waals surface area contributed by atoms with Crippen molar-refractivity contribution in [2.75, 3.05) is 0 Å². The van der Waals surface area contributed by atoms with Crippen molar-refractivity contribution in [2.45, 2.75) is 0 Å². The standard InChI is InChI=1S/C50H34N4/c1-5-15-35(16-6-1)44-24-13-25-45(36-17-7-2-8-18-36)47(44)38-26-28-40(29-27-38)49-52-48(39-21-11-4-12-22-39)53-50(54-49)41-30-31-43(42-23-14-32-51-34-42)46(33-41)37-19-9-3-10-20-37/h1-34H. The monoisotopic (exact) mass is 690 g/mol. The molecule has 9 rings (SSSR count). The SMILES string of the molecule is c1ccc(-c2nc(-c3ccc(-c4c(-c5ccccc5)cccc4-c4ccccc4)cc3)nc(-c3ccc(-c4cccnc4)c(-c4ccccc4)c3)n2)cc1. The second-order valence-corrected chi connectivity index (χ2v) is 13.1. The molecule has 2 heterocycles. The molecule has 0 aliphatic rings. The Morgan fingerprint density at radius 2 is 0.685 bits per heavy atom. The third-order valence-corrected chi connectivity index (χ3v) is 9.67. The molecular formula is C50H34N4. The molecule has 0 radical (unpaired) electrons. The minimum Gasteiger partial charge on any atom is -0.264 e. The van der Waals surface area contributed by atoms with Crippen LogP contribution in [0.4, 0.5) is 0 Å². The molecule has 0 N–H and O–H groups in total. The number of benzene rings is 7. The van der Waals surface area contributed by atoms with Gasteiger partial charge in [-0.25, -0.2) is 15.0 Å². The van der Waals surface area contributed by atoms with Gasteiger partial charge in [0.25, 0.3) is 0 Å². The Balaban J connectivity index is 1.18. The average Bonchev–Trinajstić information content (AvgIpc) is 3.27. The third kappa shape index (κ3) is 6.60. The van der Waals surface area contributed by atoms with Gasteiger partial charge in [-0.3, -0.25) is 4.98 Å². The van der Waals surface area contributed by atoms with E-state index in [-0.39, 0.29) is 0 Å². The molecule has 0 unspecified atom stereocenters. The molecule has 0 amide bonds. The summed E-state index contributed by atoms with van der Waals surface area (Å²) in [5.41, 5.74) is 14.1. The van der Waals surface area contributed by atoms with Gasteiger partial charge in [0.05, 0.1) is 0 Å². The third-order valence-electron chi connectivity index (χ3n) is 9.67. The van der Waals surface area contributed by atoms with E-state index in [1.807, 2.05) is 48.7 Å². The minimum absolute atomic E-state index is 0.610. The first kappa shape index (κ1) is 32.6. The quantitative estimate of drug-likeness (QED) is 0.159. The van der Waals surface area contributed by atoms with E-state index in [9.17, 15) is 0 Å². The summed E-state index contributed by atoms with van der Waals surface area (Å²) in [6, 6.07) is 67.4. The van der Waals surface area contributed by atoms with Crippen LogP contribution in [0.2, 0.25) is 0 Å². The van der Waals surface area contributed by atoms with Gasteiger partial charge in [0.15, 0.2) is 17.5 Å². The summed E-state index contributed by atoms with van der Waals surface area (Å²) in [6.07, 6.45) is 3.70. The van der Waals surface area contributed by atoms with Gasteiger partial charge < -0.3 is 0 Å². The van der Waals surface area contributed by atoms with Gasteiger partial charge in [-0.15, -0.1) is 0 Å². The molecule has 254 valence electrons. The Kier molecular flexibility index (Phi) is 8.90. The lowest BCUT2D eigenvalue weighted by Gasteiger charge is -2.17. The van der Waals surface area contributed by atoms with E-state index in [0.717, 1.165) is 44.5 Å². The van der Waals surface area contributed by atoms with Crippen molar-refractivity contribution in [3.8, 4) is 89.8 Å². The zero-order valence-corrected chi connectivity index (χ0v) is 29.4. The fraction of sp³-hybridized carbons (Fsp3) is 0. The van der Waals surface area contributed by atoms with Crippen LogP contribution in [0, 0.1) is 0 Å². The zero-order valence-electron chi connectivity index (χ0n) is 29.4. The van der Waals surface area contributed by atoms with Crippen molar-refractivity contribution < 1.29 is 0 Å². The number of rotatable bonds is 8. The summed E-state index contributed by atoms with van der Waals surface area (Å²) in [4.78, 5) is 19.6. The van der Waals surface area contributed by atoms with Crippen molar-refractivity contribution in [1.29, 1.82) is 0 Å². The molecule has 4 heteroatoms. The van der Waals surface area contributed by atoms with E-state index >= 15 is 0 Å². The van der Waals surface area contributed by atoms with Gasteiger partial charge in [0.1, 0.15) is 0 Å². The van der Waals surface area contributed by atoms with Crippen molar-refractivity contribution in [1.82, 2.24) is 19.9 Å². The number of nitrogens with zero attached hydrogens (tertiary/aromatic N) is 4. The molecule has 54 heavy (non-hydrogen) atoms. The number of hydrogen-bond donors (Lipinski definition) is 0. The number of hydrogen-bond acceptors (Lipinski definition) is 4. The van der Waals surface area contributed by atoms with Crippen LogP contribution in [0.25, 0.3) is 89.8 Å². The highest BCUT2D eigenvalue weighted by Crippen LogP contribution is 2.41. The predicted molar refractivity (Wildman–Crippen MR) is 221 cm³/mol. The maximum atomic E-state index is 5.13. The summed E-state index contributed by atoms with van der Waals surface area (Å²) in [6.45, 7) is 0. The van der Waals surface area contributed by atoms with E-state index in [4.69, 9.17) is 15.0 Å². The highest BCUT2D eigenvalue weighted by atomic mass is 15.0. The normalized spacial score (nSPS) is 11.0. The van der Waals surface area contributed by atoms with Crippen molar-refractivity contribution in [3.05, 3.63) is 207 Å². The van der Waals surface area contributed by atoms with Gasteiger partial charge in [-0.05, 0) is 62.2 Å². The molecule has 0 aliphatic carbocycles.